The lowest BCUT2D eigenvalue weighted by Crippen LogP contribution is -2.15. The molecule has 0 bridgehead atoms. The lowest BCUT2D eigenvalue weighted by Gasteiger charge is -2.24. The molecule has 108 valence electrons. The summed E-state index contributed by atoms with van der Waals surface area (Å²) in [7, 11) is 0. The maximum Gasteiger partial charge on any atom is 0.0790 e. The van der Waals surface area contributed by atoms with E-state index in [1.807, 2.05) is 0 Å². The molecule has 0 amide bonds. The highest BCUT2D eigenvalue weighted by Gasteiger charge is 2.18. The zero-order valence-corrected chi connectivity index (χ0v) is 13.1. The third kappa shape index (κ3) is 4.99. The van der Waals surface area contributed by atoms with Crippen LogP contribution in [0.15, 0.2) is 24.3 Å². The number of aliphatic hydroxyl groups excluding tert-OH is 1. The number of rotatable bonds is 8. The zero-order valence-electron chi connectivity index (χ0n) is 13.1. The summed E-state index contributed by atoms with van der Waals surface area (Å²) in [5.74, 6) is 0. The first-order valence-electron chi connectivity index (χ1n) is 7.79. The van der Waals surface area contributed by atoms with E-state index in [1.165, 1.54) is 24.8 Å². The summed E-state index contributed by atoms with van der Waals surface area (Å²) in [6, 6.07) is 8.54. The van der Waals surface area contributed by atoms with Gasteiger partial charge in [0.1, 0.15) is 0 Å². The largest absolute Gasteiger partial charge is 0.388 e. The molecule has 1 atom stereocenters. The van der Waals surface area contributed by atoms with Gasteiger partial charge < -0.3 is 5.11 Å². The molecule has 19 heavy (non-hydrogen) atoms. The molecular formula is C18H30O. The Bertz CT molecular complexity index is 350. The van der Waals surface area contributed by atoms with Crippen LogP contribution in [0.5, 0.6) is 0 Å². The summed E-state index contributed by atoms with van der Waals surface area (Å²) >= 11 is 0. The molecule has 0 aliphatic rings. The Hall–Kier alpha value is -0.820. The average molecular weight is 262 g/mol. The normalized spacial score (nSPS) is 13.5. The van der Waals surface area contributed by atoms with Gasteiger partial charge >= 0.3 is 0 Å². The van der Waals surface area contributed by atoms with Crippen LogP contribution in [0.25, 0.3) is 0 Å². The van der Waals surface area contributed by atoms with Crippen LogP contribution < -0.4 is 0 Å². The van der Waals surface area contributed by atoms with Crippen molar-refractivity contribution in [3.63, 3.8) is 0 Å². The van der Waals surface area contributed by atoms with Crippen molar-refractivity contribution in [1.29, 1.82) is 0 Å². The highest BCUT2D eigenvalue weighted by atomic mass is 16.3. The van der Waals surface area contributed by atoms with E-state index in [2.05, 4.69) is 52.0 Å². The molecule has 1 rings (SSSR count). The minimum atomic E-state index is -0.296. The number of aliphatic hydroxyl groups is 1. The zero-order chi connectivity index (χ0) is 14.3. The molecule has 0 fully saturated rings. The van der Waals surface area contributed by atoms with Crippen molar-refractivity contribution in [3.8, 4) is 0 Å². The lowest BCUT2D eigenvalue weighted by molar-refractivity contribution is 0.163. The van der Waals surface area contributed by atoms with Crippen LogP contribution >= 0.6 is 0 Å². The topological polar surface area (TPSA) is 20.2 Å². The van der Waals surface area contributed by atoms with Crippen molar-refractivity contribution < 1.29 is 5.11 Å². The predicted octanol–water partition coefficient (Wildman–Crippen LogP) is 5.38. The summed E-state index contributed by atoms with van der Waals surface area (Å²) in [5, 5.41) is 10.2. The van der Waals surface area contributed by atoms with E-state index < -0.39 is 0 Å². The molecule has 0 aliphatic heterocycles. The average Bonchev–Trinajstić information content (AvgIpc) is 2.43. The number of hydrogen-bond acceptors (Lipinski definition) is 1. The van der Waals surface area contributed by atoms with Gasteiger partial charge in [-0.1, -0.05) is 77.6 Å². The highest BCUT2D eigenvalue weighted by Crippen LogP contribution is 2.28. The third-order valence-electron chi connectivity index (χ3n) is 4.29. The molecular weight excluding hydrogens is 232 g/mol. The number of benzene rings is 1. The van der Waals surface area contributed by atoms with Gasteiger partial charge in [-0.3, -0.25) is 0 Å². The van der Waals surface area contributed by atoms with E-state index in [0.29, 0.717) is 0 Å². The van der Waals surface area contributed by atoms with Crippen molar-refractivity contribution in [2.24, 2.45) is 0 Å². The molecule has 1 N–H and O–H groups in total. The monoisotopic (exact) mass is 262 g/mol. The smallest absolute Gasteiger partial charge is 0.0790 e. The second-order valence-electron chi connectivity index (χ2n) is 6.22. The first-order valence-corrected chi connectivity index (χ1v) is 7.79. The molecule has 0 heterocycles. The van der Waals surface area contributed by atoms with Crippen LogP contribution in [0, 0.1) is 0 Å². The van der Waals surface area contributed by atoms with Crippen molar-refractivity contribution in [2.75, 3.05) is 0 Å². The SMILES string of the molecule is CCCCCCC(O)c1ccc(C(C)(C)CC)cc1. The van der Waals surface area contributed by atoms with E-state index >= 15 is 0 Å². The molecule has 0 aromatic heterocycles. The summed E-state index contributed by atoms with van der Waals surface area (Å²) in [4.78, 5) is 0. The fraction of sp³-hybridized carbons (Fsp3) is 0.667. The van der Waals surface area contributed by atoms with E-state index in [9.17, 15) is 5.11 Å². The van der Waals surface area contributed by atoms with Crippen molar-refractivity contribution in [3.05, 3.63) is 35.4 Å². The van der Waals surface area contributed by atoms with Gasteiger partial charge in [0.25, 0.3) is 0 Å². The van der Waals surface area contributed by atoms with Gasteiger partial charge in [0.2, 0.25) is 0 Å². The van der Waals surface area contributed by atoms with Crippen LogP contribution in [0.4, 0.5) is 0 Å². The van der Waals surface area contributed by atoms with Crippen LogP contribution in [-0.4, -0.2) is 5.11 Å². The molecule has 1 heteroatoms. The molecule has 1 nitrogen and oxygen atoms in total. The second-order valence-corrected chi connectivity index (χ2v) is 6.22. The van der Waals surface area contributed by atoms with Gasteiger partial charge in [0.15, 0.2) is 0 Å². The summed E-state index contributed by atoms with van der Waals surface area (Å²) in [6.07, 6.45) is 6.59. The second kappa shape index (κ2) is 7.69. The Morgan fingerprint density at radius 2 is 1.63 bits per heavy atom. The van der Waals surface area contributed by atoms with E-state index in [0.717, 1.165) is 24.8 Å². The van der Waals surface area contributed by atoms with E-state index in [1.54, 1.807) is 0 Å². The van der Waals surface area contributed by atoms with E-state index in [-0.39, 0.29) is 11.5 Å². The number of unbranched alkanes of at least 4 members (excludes halogenated alkanes) is 3. The first kappa shape index (κ1) is 16.2. The lowest BCUT2D eigenvalue weighted by atomic mass is 9.82. The van der Waals surface area contributed by atoms with Gasteiger partial charge in [-0.2, -0.15) is 0 Å². The predicted molar refractivity (Wildman–Crippen MR) is 83.5 cm³/mol. The van der Waals surface area contributed by atoms with Gasteiger partial charge in [-0.25, -0.2) is 0 Å². The maximum absolute atomic E-state index is 10.2. The Morgan fingerprint density at radius 3 is 2.16 bits per heavy atom. The maximum atomic E-state index is 10.2. The fourth-order valence-corrected chi connectivity index (χ4v) is 2.29. The Labute approximate surface area is 119 Å². The van der Waals surface area contributed by atoms with Gasteiger partial charge in [0.05, 0.1) is 6.10 Å². The van der Waals surface area contributed by atoms with E-state index in [4.69, 9.17) is 0 Å². The first-order chi connectivity index (χ1) is 9.01. The standard InChI is InChI=1S/C18H30O/c1-5-7-8-9-10-17(19)15-11-13-16(14-12-15)18(3,4)6-2/h11-14,17,19H,5-10H2,1-4H3. The van der Waals surface area contributed by atoms with Gasteiger partial charge in [-0.05, 0) is 29.4 Å². The van der Waals surface area contributed by atoms with Crippen LogP contribution in [0.3, 0.4) is 0 Å². The summed E-state index contributed by atoms with van der Waals surface area (Å²) < 4.78 is 0. The van der Waals surface area contributed by atoms with Crippen LogP contribution in [0.1, 0.15) is 83.5 Å². The molecule has 1 aromatic rings. The quantitative estimate of drug-likeness (QED) is 0.624. The van der Waals surface area contributed by atoms with Crippen molar-refractivity contribution >= 4 is 0 Å². The van der Waals surface area contributed by atoms with Gasteiger partial charge in [-0.15, -0.1) is 0 Å². The molecule has 0 radical (unpaired) electrons. The Balaban J connectivity index is 2.56. The minimum absolute atomic E-state index is 0.227. The molecule has 0 saturated carbocycles. The highest BCUT2D eigenvalue weighted by molar-refractivity contribution is 5.29. The molecule has 1 unspecified atom stereocenters. The summed E-state index contributed by atoms with van der Waals surface area (Å²) in [6.45, 7) is 8.97. The molecule has 0 spiro atoms. The Morgan fingerprint density at radius 1 is 1.00 bits per heavy atom. The molecule has 0 aliphatic carbocycles. The molecule has 1 aromatic carbocycles. The van der Waals surface area contributed by atoms with Crippen molar-refractivity contribution in [1.82, 2.24) is 0 Å². The number of hydrogen-bond donors (Lipinski definition) is 1. The van der Waals surface area contributed by atoms with Crippen LogP contribution in [0.2, 0.25) is 0 Å². The Kier molecular flexibility index (Phi) is 6.57. The minimum Gasteiger partial charge on any atom is -0.388 e. The third-order valence-corrected chi connectivity index (χ3v) is 4.29. The van der Waals surface area contributed by atoms with Crippen molar-refractivity contribution in [2.45, 2.75) is 77.7 Å². The fourth-order valence-electron chi connectivity index (χ4n) is 2.29. The van der Waals surface area contributed by atoms with Crippen LogP contribution in [-0.2, 0) is 5.41 Å². The summed E-state index contributed by atoms with van der Waals surface area (Å²) in [5.41, 5.74) is 2.65. The molecule has 0 saturated heterocycles. The van der Waals surface area contributed by atoms with Gasteiger partial charge in [0, 0.05) is 0 Å².